The molecule has 0 spiro atoms. The first-order valence-corrected chi connectivity index (χ1v) is 8.57. The zero-order valence-corrected chi connectivity index (χ0v) is 14.5. The van der Waals surface area contributed by atoms with Crippen molar-refractivity contribution in [2.45, 2.75) is 4.90 Å². The highest BCUT2D eigenvalue weighted by atomic mass is 35.5. The zero-order chi connectivity index (χ0) is 16.7. The van der Waals surface area contributed by atoms with Crippen LogP contribution in [0.15, 0.2) is 46.7 Å². The van der Waals surface area contributed by atoms with E-state index >= 15 is 0 Å². The number of hydrogen-bond donors (Lipinski definition) is 2. The molecule has 0 saturated heterocycles. The van der Waals surface area contributed by atoms with E-state index in [4.69, 9.17) is 23.2 Å². The number of nitrogens with one attached hydrogen (secondary N) is 2. The van der Waals surface area contributed by atoms with Gasteiger partial charge in [0.2, 0.25) is 0 Å². The molecule has 1 amide bonds. The lowest BCUT2D eigenvalue weighted by Crippen LogP contribution is -2.25. The average molecular weight is 369 g/mol. The summed E-state index contributed by atoms with van der Waals surface area (Å²) in [5.41, 5.74) is 3.78. The van der Waals surface area contributed by atoms with E-state index in [-0.39, 0.29) is 12.5 Å². The number of amides is 1. The SMILES string of the molecule is CSc1cccc(NCC(=O)N/N=C/c2c(Cl)cncc2Cl)c1. The number of carbonyl (C=O) groups excluding carboxylic acids is 1. The van der Waals surface area contributed by atoms with Gasteiger partial charge in [-0.15, -0.1) is 11.8 Å². The van der Waals surface area contributed by atoms with Gasteiger partial charge >= 0.3 is 0 Å². The Hall–Kier alpha value is -1.76. The molecule has 0 radical (unpaired) electrons. The van der Waals surface area contributed by atoms with Gasteiger partial charge in [-0.25, -0.2) is 5.43 Å². The maximum atomic E-state index is 11.8. The summed E-state index contributed by atoms with van der Waals surface area (Å²) in [4.78, 5) is 16.7. The molecule has 0 atom stereocenters. The summed E-state index contributed by atoms with van der Waals surface area (Å²) in [6.45, 7) is 0.104. The van der Waals surface area contributed by atoms with Gasteiger partial charge in [0.25, 0.3) is 5.91 Å². The van der Waals surface area contributed by atoms with Crippen LogP contribution < -0.4 is 10.7 Å². The number of pyridine rings is 1. The van der Waals surface area contributed by atoms with Crippen molar-refractivity contribution in [2.75, 3.05) is 18.1 Å². The molecule has 0 aliphatic rings. The number of anilines is 1. The molecule has 0 fully saturated rings. The predicted octanol–water partition coefficient (Wildman–Crippen LogP) is 3.67. The summed E-state index contributed by atoms with van der Waals surface area (Å²) in [6.07, 6.45) is 6.29. The summed E-state index contributed by atoms with van der Waals surface area (Å²) in [5.74, 6) is -0.280. The fourth-order valence-corrected chi connectivity index (χ4v) is 2.59. The number of thioether (sulfide) groups is 1. The minimum atomic E-state index is -0.280. The number of aromatic nitrogens is 1. The van der Waals surface area contributed by atoms with E-state index in [0.29, 0.717) is 15.6 Å². The fourth-order valence-electron chi connectivity index (χ4n) is 1.67. The van der Waals surface area contributed by atoms with Crippen molar-refractivity contribution in [3.63, 3.8) is 0 Å². The van der Waals surface area contributed by atoms with Gasteiger partial charge in [0.1, 0.15) is 0 Å². The smallest absolute Gasteiger partial charge is 0.259 e. The van der Waals surface area contributed by atoms with Crippen LogP contribution in [0.2, 0.25) is 10.0 Å². The Bertz CT molecular complexity index is 704. The quantitative estimate of drug-likeness (QED) is 0.463. The van der Waals surface area contributed by atoms with Crippen LogP contribution in [0.3, 0.4) is 0 Å². The van der Waals surface area contributed by atoms with Crippen molar-refractivity contribution in [1.29, 1.82) is 0 Å². The Labute approximate surface area is 148 Å². The number of nitrogens with zero attached hydrogens (tertiary/aromatic N) is 2. The molecule has 0 aliphatic heterocycles. The topological polar surface area (TPSA) is 66.4 Å². The first-order valence-electron chi connectivity index (χ1n) is 6.59. The van der Waals surface area contributed by atoms with E-state index in [1.807, 2.05) is 30.5 Å². The Morgan fingerprint density at radius 2 is 2.09 bits per heavy atom. The van der Waals surface area contributed by atoms with Crippen LogP contribution in [0.5, 0.6) is 0 Å². The molecule has 5 nitrogen and oxygen atoms in total. The summed E-state index contributed by atoms with van der Waals surface area (Å²) < 4.78 is 0. The zero-order valence-electron chi connectivity index (χ0n) is 12.2. The Balaban J connectivity index is 1.86. The van der Waals surface area contributed by atoms with Gasteiger partial charge in [-0.05, 0) is 24.5 Å². The molecular weight excluding hydrogens is 355 g/mol. The van der Waals surface area contributed by atoms with E-state index in [1.54, 1.807) is 11.8 Å². The second kappa shape index (κ2) is 8.76. The van der Waals surface area contributed by atoms with Gasteiger partial charge in [0.05, 0.1) is 22.8 Å². The highest BCUT2D eigenvalue weighted by Gasteiger charge is 2.04. The van der Waals surface area contributed by atoms with E-state index in [2.05, 4.69) is 20.8 Å². The van der Waals surface area contributed by atoms with Crippen molar-refractivity contribution in [1.82, 2.24) is 10.4 Å². The lowest BCUT2D eigenvalue weighted by Gasteiger charge is -2.06. The average Bonchev–Trinajstić information content (AvgIpc) is 2.56. The van der Waals surface area contributed by atoms with Crippen LogP contribution in [0.1, 0.15) is 5.56 Å². The largest absolute Gasteiger partial charge is 0.376 e. The van der Waals surface area contributed by atoms with Crippen LogP contribution in [0.4, 0.5) is 5.69 Å². The molecule has 1 aromatic carbocycles. The third-order valence-electron chi connectivity index (χ3n) is 2.80. The van der Waals surface area contributed by atoms with E-state index in [9.17, 15) is 4.79 Å². The first-order chi connectivity index (χ1) is 11.1. The minimum Gasteiger partial charge on any atom is -0.376 e. The van der Waals surface area contributed by atoms with Crippen LogP contribution in [0, 0.1) is 0 Å². The molecule has 1 aromatic heterocycles. The molecule has 0 bridgehead atoms. The molecule has 0 aliphatic carbocycles. The molecule has 1 heterocycles. The van der Waals surface area contributed by atoms with Crippen LogP contribution in [-0.2, 0) is 4.79 Å². The molecule has 0 unspecified atom stereocenters. The number of carbonyl (C=O) groups is 1. The first kappa shape index (κ1) is 17.6. The Morgan fingerprint density at radius 3 is 2.78 bits per heavy atom. The number of hydrogen-bond acceptors (Lipinski definition) is 5. The normalized spacial score (nSPS) is 10.7. The van der Waals surface area contributed by atoms with Gasteiger partial charge in [-0.1, -0.05) is 29.3 Å². The highest BCUT2D eigenvalue weighted by molar-refractivity contribution is 7.98. The summed E-state index contributed by atoms with van der Waals surface area (Å²) >= 11 is 13.5. The third-order valence-corrected chi connectivity index (χ3v) is 4.12. The van der Waals surface area contributed by atoms with Crippen molar-refractivity contribution < 1.29 is 4.79 Å². The second-order valence-corrected chi connectivity index (χ2v) is 6.09. The van der Waals surface area contributed by atoms with Crippen molar-refractivity contribution >= 4 is 52.8 Å². The van der Waals surface area contributed by atoms with Gasteiger partial charge < -0.3 is 5.32 Å². The second-order valence-electron chi connectivity index (χ2n) is 4.40. The van der Waals surface area contributed by atoms with E-state index < -0.39 is 0 Å². The van der Waals surface area contributed by atoms with E-state index in [1.165, 1.54) is 18.6 Å². The van der Waals surface area contributed by atoms with Crippen molar-refractivity contribution in [3.05, 3.63) is 52.3 Å². The van der Waals surface area contributed by atoms with Gasteiger partial charge in [-0.2, -0.15) is 5.10 Å². The maximum Gasteiger partial charge on any atom is 0.259 e. The van der Waals surface area contributed by atoms with Gasteiger partial charge in [-0.3, -0.25) is 9.78 Å². The number of hydrazone groups is 1. The molecule has 2 aromatic rings. The van der Waals surface area contributed by atoms with Crippen molar-refractivity contribution in [2.24, 2.45) is 5.10 Å². The molecule has 2 rings (SSSR count). The lowest BCUT2D eigenvalue weighted by atomic mass is 10.3. The summed E-state index contributed by atoms with van der Waals surface area (Å²) in [5, 5.41) is 7.60. The predicted molar refractivity (Wildman–Crippen MR) is 96.7 cm³/mol. The maximum absolute atomic E-state index is 11.8. The lowest BCUT2D eigenvalue weighted by molar-refractivity contribution is -0.119. The standard InChI is InChI=1S/C15H14Cl2N4OS/c1-23-11-4-2-3-10(5-11)19-9-15(22)21-20-6-12-13(16)7-18-8-14(12)17/h2-8,19H,9H2,1H3,(H,21,22)/b20-6+. The summed E-state index contributed by atoms with van der Waals surface area (Å²) in [7, 11) is 0. The van der Waals surface area contributed by atoms with Crippen molar-refractivity contribution in [3.8, 4) is 0 Å². The number of halogens is 2. The number of benzene rings is 1. The van der Waals surface area contributed by atoms with Crippen LogP contribution in [-0.4, -0.2) is 29.9 Å². The third kappa shape index (κ3) is 5.42. The Kier molecular flexibility index (Phi) is 6.70. The van der Waals surface area contributed by atoms with Gasteiger partial charge in [0.15, 0.2) is 0 Å². The molecule has 120 valence electrons. The minimum absolute atomic E-state index is 0.104. The molecule has 8 heteroatoms. The van der Waals surface area contributed by atoms with Crippen LogP contribution >= 0.6 is 35.0 Å². The van der Waals surface area contributed by atoms with Gasteiger partial charge in [0, 0.05) is 28.5 Å². The highest BCUT2D eigenvalue weighted by Crippen LogP contribution is 2.20. The molecular formula is C15H14Cl2N4OS. The molecule has 23 heavy (non-hydrogen) atoms. The monoisotopic (exact) mass is 368 g/mol. The fraction of sp³-hybridized carbons (Fsp3) is 0.133. The van der Waals surface area contributed by atoms with Crippen LogP contribution in [0.25, 0.3) is 0 Å². The summed E-state index contributed by atoms with van der Waals surface area (Å²) in [6, 6.07) is 7.80. The molecule has 0 saturated carbocycles. The van der Waals surface area contributed by atoms with E-state index in [0.717, 1.165) is 10.6 Å². The number of rotatable bonds is 6. The molecule has 2 N–H and O–H groups in total. The Morgan fingerprint density at radius 1 is 1.35 bits per heavy atom.